The smallest absolute Gasteiger partial charge is 0.119 e. The summed E-state index contributed by atoms with van der Waals surface area (Å²) >= 11 is 0. The molecule has 0 fully saturated rings. The van der Waals surface area contributed by atoms with E-state index in [0.29, 0.717) is 13.2 Å². The Balaban J connectivity index is 2.48. The van der Waals surface area contributed by atoms with Crippen molar-refractivity contribution in [2.24, 2.45) is 0 Å². The average molecular weight is 251 g/mol. The number of rotatable bonds is 6. The van der Waals surface area contributed by atoms with Gasteiger partial charge in [0.25, 0.3) is 0 Å². The third-order valence-corrected chi connectivity index (χ3v) is 2.92. The number of aliphatic hydroxyl groups excluding tert-OH is 1. The molecule has 0 saturated carbocycles. The molecule has 0 saturated heterocycles. The summed E-state index contributed by atoms with van der Waals surface area (Å²) in [5.41, 5.74) is 1.43. The summed E-state index contributed by atoms with van der Waals surface area (Å²) in [6, 6.07) is 8.26. The molecule has 0 heterocycles. The predicted molar refractivity (Wildman–Crippen MR) is 75.2 cm³/mol. The van der Waals surface area contributed by atoms with E-state index in [1.807, 2.05) is 24.1 Å². The zero-order valence-corrected chi connectivity index (χ0v) is 11.9. The van der Waals surface area contributed by atoms with Crippen LogP contribution in [0, 0.1) is 0 Å². The van der Waals surface area contributed by atoms with Crippen LogP contribution in [0.5, 0.6) is 5.75 Å². The van der Waals surface area contributed by atoms with E-state index in [-0.39, 0.29) is 12.0 Å². The van der Waals surface area contributed by atoms with Crippen LogP contribution in [0.25, 0.3) is 0 Å². The summed E-state index contributed by atoms with van der Waals surface area (Å²) in [7, 11) is 1.98. The van der Waals surface area contributed by atoms with Gasteiger partial charge in [-0.05, 0) is 30.2 Å². The number of ether oxygens (including phenoxy) is 1. The molecule has 1 N–H and O–H groups in total. The quantitative estimate of drug-likeness (QED) is 0.842. The molecule has 0 spiro atoms. The van der Waals surface area contributed by atoms with Gasteiger partial charge in [0.05, 0.1) is 6.61 Å². The van der Waals surface area contributed by atoms with Crippen molar-refractivity contribution in [3.05, 3.63) is 29.8 Å². The summed E-state index contributed by atoms with van der Waals surface area (Å²) in [6.07, 6.45) is 0. The molecule has 1 aromatic rings. The molecule has 3 heteroatoms. The van der Waals surface area contributed by atoms with Crippen LogP contribution in [0.3, 0.4) is 0 Å². The van der Waals surface area contributed by atoms with Crippen LogP contribution in [-0.4, -0.2) is 43.4 Å². The largest absolute Gasteiger partial charge is 0.492 e. The zero-order chi connectivity index (χ0) is 13.6. The standard InChI is InChI=1S/C15H25NO2/c1-15(2,3)13-6-5-7-14(12-13)18-11-9-16(4)8-10-17/h5-7,12,17H,8-11H2,1-4H3. The van der Waals surface area contributed by atoms with E-state index in [9.17, 15) is 0 Å². The summed E-state index contributed by atoms with van der Waals surface area (Å²) in [6.45, 7) is 8.93. The van der Waals surface area contributed by atoms with E-state index in [2.05, 4.69) is 32.9 Å². The molecule has 0 amide bonds. The van der Waals surface area contributed by atoms with Crippen LogP contribution in [0.15, 0.2) is 24.3 Å². The van der Waals surface area contributed by atoms with Gasteiger partial charge in [0.15, 0.2) is 0 Å². The summed E-state index contributed by atoms with van der Waals surface area (Å²) < 4.78 is 5.74. The van der Waals surface area contributed by atoms with E-state index in [0.717, 1.165) is 12.3 Å². The lowest BCUT2D eigenvalue weighted by Gasteiger charge is -2.20. The van der Waals surface area contributed by atoms with Crippen LogP contribution in [-0.2, 0) is 5.41 Å². The van der Waals surface area contributed by atoms with Gasteiger partial charge >= 0.3 is 0 Å². The molecule has 3 nitrogen and oxygen atoms in total. The van der Waals surface area contributed by atoms with Crippen molar-refractivity contribution in [1.29, 1.82) is 0 Å². The lowest BCUT2D eigenvalue weighted by molar-refractivity contribution is 0.192. The highest BCUT2D eigenvalue weighted by Gasteiger charge is 2.13. The minimum Gasteiger partial charge on any atom is -0.492 e. The Labute approximate surface area is 110 Å². The van der Waals surface area contributed by atoms with Crippen molar-refractivity contribution in [2.45, 2.75) is 26.2 Å². The molecule has 0 bridgehead atoms. The average Bonchev–Trinajstić information content (AvgIpc) is 2.29. The van der Waals surface area contributed by atoms with Crippen molar-refractivity contribution in [3.63, 3.8) is 0 Å². The Morgan fingerprint density at radius 1 is 1.22 bits per heavy atom. The van der Waals surface area contributed by atoms with E-state index in [1.165, 1.54) is 5.56 Å². The Morgan fingerprint density at radius 2 is 1.94 bits per heavy atom. The summed E-state index contributed by atoms with van der Waals surface area (Å²) in [5, 5.41) is 8.80. The second kappa shape index (κ2) is 6.76. The molecule has 0 aromatic heterocycles. The normalized spacial score (nSPS) is 11.9. The van der Waals surface area contributed by atoms with Crippen molar-refractivity contribution in [3.8, 4) is 5.75 Å². The van der Waals surface area contributed by atoms with Crippen molar-refractivity contribution in [1.82, 2.24) is 4.90 Å². The topological polar surface area (TPSA) is 32.7 Å². The fourth-order valence-electron chi connectivity index (χ4n) is 1.65. The fraction of sp³-hybridized carbons (Fsp3) is 0.600. The number of hydrogen-bond acceptors (Lipinski definition) is 3. The number of aliphatic hydroxyl groups is 1. The molecule has 0 radical (unpaired) electrons. The van der Waals surface area contributed by atoms with E-state index in [4.69, 9.17) is 9.84 Å². The zero-order valence-electron chi connectivity index (χ0n) is 11.9. The Hall–Kier alpha value is -1.06. The van der Waals surface area contributed by atoms with Gasteiger partial charge in [0.2, 0.25) is 0 Å². The van der Waals surface area contributed by atoms with Crippen LogP contribution < -0.4 is 4.74 Å². The van der Waals surface area contributed by atoms with Crippen molar-refractivity contribution < 1.29 is 9.84 Å². The highest BCUT2D eigenvalue weighted by molar-refractivity contribution is 5.32. The third kappa shape index (κ3) is 5.07. The second-order valence-corrected chi connectivity index (χ2v) is 5.65. The van der Waals surface area contributed by atoms with Crippen LogP contribution in [0.1, 0.15) is 26.3 Å². The molecule has 0 atom stereocenters. The maximum Gasteiger partial charge on any atom is 0.119 e. The highest BCUT2D eigenvalue weighted by atomic mass is 16.5. The van der Waals surface area contributed by atoms with Gasteiger partial charge < -0.3 is 14.7 Å². The Kier molecular flexibility index (Phi) is 5.63. The van der Waals surface area contributed by atoms with Gasteiger partial charge in [-0.1, -0.05) is 32.9 Å². The van der Waals surface area contributed by atoms with Gasteiger partial charge in [-0.2, -0.15) is 0 Å². The first-order valence-electron chi connectivity index (χ1n) is 6.46. The van der Waals surface area contributed by atoms with Gasteiger partial charge in [-0.25, -0.2) is 0 Å². The maximum atomic E-state index is 8.80. The summed E-state index contributed by atoms with van der Waals surface area (Å²) in [5.74, 6) is 0.917. The lowest BCUT2D eigenvalue weighted by Crippen LogP contribution is -2.27. The number of benzene rings is 1. The molecule has 102 valence electrons. The van der Waals surface area contributed by atoms with E-state index < -0.39 is 0 Å². The molecule has 0 unspecified atom stereocenters. The lowest BCUT2D eigenvalue weighted by atomic mass is 9.87. The van der Waals surface area contributed by atoms with Crippen molar-refractivity contribution >= 4 is 0 Å². The first-order valence-corrected chi connectivity index (χ1v) is 6.46. The van der Waals surface area contributed by atoms with Crippen LogP contribution >= 0.6 is 0 Å². The molecule has 1 aromatic carbocycles. The predicted octanol–water partition coefficient (Wildman–Crippen LogP) is 2.29. The number of hydrogen-bond donors (Lipinski definition) is 1. The maximum absolute atomic E-state index is 8.80. The van der Waals surface area contributed by atoms with Crippen LogP contribution in [0.4, 0.5) is 0 Å². The Morgan fingerprint density at radius 3 is 2.56 bits per heavy atom. The van der Waals surface area contributed by atoms with Gasteiger partial charge in [-0.3, -0.25) is 0 Å². The first kappa shape index (κ1) is 15.0. The molecule has 0 aliphatic carbocycles. The minimum absolute atomic E-state index is 0.146. The molecule has 18 heavy (non-hydrogen) atoms. The van der Waals surface area contributed by atoms with E-state index >= 15 is 0 Å². The van der Waals surface area contributed by atoms with Gasteiger partial charge in [0, 0.05) is 13.1 Å². The molecule has 0 aliphatic rings. The van der Waals surface area contributed by atoms with Crippen LogP contribution in [0.2, 0.25) is 0 Å². The van der Waals surface area contributed by atoms with Crippen molar-refractivity contribution in [2.75, 3.05) is 33.4 Å². The fourth-order valence-corrected chi connectivity index (χ4v) is 1.65. The number of likely N-dealkylation sites (N-methyl/N-ethyl adjacent to an activating group) is 1. The summed E-state index contributed by atoms with van der Waals surface area (Å²) in [4.78, 5) is 2.05. The third-order valence-electron chi connectivity index (χ3n) is 2.92. The monoisotopic (exact) mass is 251 g/mol. The second-order valence-electron chi connectivity index (χ2n) is 5.65. The number of nitrogens with zero attached hydrogens (tertiary/aromatic N) is 1. The minimum atomic E-state index is 0.146. The first-order chi connectivity index (χ1) is 8.43. The Bertz CT molecular complexity index is 358. The van der Waals surface area contributed by atoms with E-state index in [1.54, 1.807) is 0 Å². The molecular formula is C15H25NO2. The van der Waals surface area contributed by atoms with Gasteiger partial charge in [-0.15, -0.1) is 0 Å². The molecule has 0 aliphatic heterocycles. The van der Waals surface area contributed by atoms with Gasteiger partial charge in [0.1, 0.15) is 12.4 Å². The highest BCUT2D eigenvalue weighted by Crippen LogP contribution is 2.25. The molecule has 1 rings (SSSR count). The SMILES string of the molecule is CN(CCO)CCOc1cccc(C(C)(C)C)c1. The molecular weight excluding hydrogens is 226 g/mol.